The largest absolute Gasteiger partial charge is 0.458 e. The van der Waals surface area contributed by atoms with Gasteiger partial charge in [-0.1, -0.05) is 30.7 Å². The van der Waals surface area contributed by atoms with Crippen molar-refractivity contribution in [3.05, 3.63) is 35.0 Å². The van der Waals surface area contributed by atoms with E-state index in [4.69, 9.17) is 26.6 Å². The molecule has 0 bridgehead atoms. The van der Waals surface area contributed by atoms with E-state index in [1.54, 1.807) is 13.2 Å². The van der Waals surface area contributed by atoms with Gasteiger partial charge in [0.25, 0.3) is 0 Å². The fourth-order valence-corrected chi connectivity index (χ4v) is 2.44. The van der Waals surface area contributed by atoms with E-state index in [1.807, 2.05) is 32.0 Å². The molecule has 2 unspecified atom stereocenters. The van der Waals surface area contributed by atoms with Crippen molar-refractivity contribution in [2.75, 3.05) is 7.11 Å². The summed E-state index contributed by atoms with van der Waals surface area (Å²) in [5.74, 6) is 6.40. The fraction of sp³-hybridized carbons (Fsp3) is 0.429. The number of hydrazine groups is 1. The Kier molecular flexibility index (Phi) is 4.16. The van der Waals surface area contributed by atoms with Crippen LogP contribution in [0.4, 0.5) is 0 Å². The molecule has 0 radical (unpaired) electrons. The molecule has 0 saturated heterocycles. The van der Waals surface area contributed by atoms with E-state index < -0.39 is 5.60 Å². The van der Waals surface area contributed by atoms with Crippen molar-refractivity contribution >= 4 is 22.6 Å². The molecule has 0 aliphatic rings. The SMILES string of the molecule is CCC(C)(OC)C(NN)c1cc2cccc(Cl)c2o1. The van der Waals surface area contributed by atoms with Gasteiger partial charge in [-0.3, -0.25) is 5.84 Å². The van der Waals surface area contributed by atoms with Crippen LogP contribution in [0.15, 0.2) is 28.7 Å². The molecule has 0 amide bonds. The maximum atomic E-state index is 6.12. The minimum absolute atomic E-state index is 0.244. The molecule has 5 heteroatoms. The standard InChI is InChI=1S/C14H19ClN2O2/c1-4-14(2,18-3)13(17-16)11-8-9-6-5-7-10(15)12(9)19-11/h5-8,13,17H,4,16H2,1-3H3. The van der Waals surface area contributed by atoms with E-state index in [1.165, 1.54) is 0 Å². The zero-order valence-electron chi connectivity index (χ0n) is 11.4. The van der Waals surface area contributed by atoms with Gasteiger partial charge in [0.05, 0.1) is 10.6 Å². The van der Waals surface area contributed by atoms with Gasteiger partial charge in [0, 0.05) is 12.5 Å². The summed E-state index contributed by atoms with van der Waals surface area (Å²) in [7, 11) is 1.67. The fourth-order valence-electron chi connectivity index (χ4n) is 2.22. The molecule has 104 valence electrons. The highest BCUT2D eigenvalue weighted by atomic mass is 35.5. The Bertz CT molecular complexity index is 564. The zero-order valence-corrected chi connectivity index (χ0v) is 12.1. The average Bonchev–Trinajstić information content (AvgIpc) is 2.84. The van der Waals surface area contributed by atoms with Crippen LogP contribution in [0.2, 0.25) is 5.02 Å². The summed E-state index contributed by atoms with van der Waals surface area (Å²) < 4.78 is 11.4. The van der Waals surface area contributed by atoms with Crippen molar-refractivity contribution in [1.82, 2.24) is 5.43 Å². The van der Waals surface area contributed by atoms with E-state index in [9.17, 15) is 0 Å². The summed E-state index contributed by atoms with van der Waals surface area (Å²) in [6.45, 7) is 4.04. The molecule has 0 aliphatic heterocycles. The summed E-state index contributed by atoms with van der Waals surface area (Å²) >= 11 is 6.12. The molecule has 1 heterocycles. The number of hydrogen-bond acceptors (Lipinski definition) is 4. The van der Waals surface area contributed by atoms with Crippen LogP contribution >= 0.6 is 11.6 Å². The molecule has 2 aromatic rings. The van der Waals surface area contributed by atoms with Gasteiger partial charge < -0.3 is 9.15 Å². The summed E-state index contributed by atoms with van der Waals surface area (Å²) in [6.07, 6.45) is 0.795. The summed E-state index contributed by atoms with van der Waals surface area (Å²) in [5.41, 5.74) is 3.01. The lowest BCUT2D eigenvalue weighted by atomic mass is 9.91. The minimum atomic E-state index is -0.449. The van der Waals surface area contributed by atoms with Crippen molar-refractivity contribution in [3.63, 3.8) is 0 Å². The van der Waals surface area contributed by atoms with E-state index in [0.29, 0.717) is 10.6 Å². The predicted molar refractivity (Wildman–Crippen MR) is 77.0 cm³/mol. The maximum Gasteiger partial charge on any atom is 0.152 e. The number of nitrogens with one attached hydrogen (secondary N) is 1. The smallest absolute Gasteiger partial charge is 0.152 e. The van der Waals surface area contributed by atoms with Crippen molar-refractivity contribution in [2.45, 2.75) is 31.9 Å². The number of methoxy groups -OCH3 is 1. The van der Waals surface area contributed by atoms with Crippen LogP contribution in [-0.2, 0) is 4.74 Å². The van der Waals surface area contributed by atoms with Crippen LogP contribution in [0.25, 0.3) is 11.0 Å². The first-order valence-electron chi connectivity index (χ1n) is 6.25. The Balaban J connectivity index is 2.49. The third-order valence-electron chi connectivity index (χ3n) is 3.75. The monoisotopic (exact) mass is 282 g/mol. The normalized spacial score (nSPS) is 16.5. The van der Waals surface area contributed by atoms with Crippen molar-refractivity contribution in [1.29, 1.82) is 0 Å². The number of benzene rings is 1. The van der Waals surface area contributed by atoms with E-state index >= 15 is 0 Å². The number of rotatable bonds is 5. The van der Waals surface area contributed by atoms with Gasteiger partial charge in [-0.2, -0.15) is 0 Å². The molecular formula is C14H19ClN2O2. The highest BCUT2D eigenvalue weighted by Crippen LogP contribution is 2.35. The Morgan fingerprint density at radius 1 is 1.53 bits per heavy atom. The van der Waals surface area contributed by atoms with Crippen molar-refractivity contribution in [3.8, 4) is 0 Å². The summed E-state index contributed by atoms with van der Waals surface area (Å²) in [6, 6.07) is 7.35. The Hall–Kier alpha value is -1.07. The van der Waals surface area contributed by atoms with Gasteiger partial charge >= 0.3 is 0 Å². The highest BCUT2D eigenvalue weighted by Gasteiger charge is 2.35. The van der Waals surface area contributed by atoms with Gasteiger partial charge in [-0.15, -0.1) is 0 Å². The predicted octanol–water partition coefficient (Wildman–Crippen LogP) is 3.41. The number of fused-ring (bicyclic) bond motifs is 1. The molecule has 0 spiro atoms. The Morgan fingerprint density at radius 2 is 2.26 bits per heavy atom. The van der Waals surface area contributed by atoms with Crippen LogP contribution in [-0.4, -0.2) is 12.7 Å². The molecule has 2 rings (SSSR count). The number of hydrogen-bond donors (Lipinski definition) is 2. The first-order valence-corrected chi connectivity index (χ1v) is 6.62. The summed E-state index contributed by atoms with van der Waals surface area (Å²) in [4.78, 5) is 0. The Morgan fingerprint density at radius 3 is 2.79 bits per heavy atom. The lowest BCUT2D eigenvalue weighted by molar-refractivity contribution is -0.0350. The average molecular weight is 283 g/mol. The van der Waals surface area contributed by atoms with E-state index in [0.717, 1.165) is 17.6 Å². The first kappa shape index (κ1) is 14.3. The molecule has 3 N–H and O–H groups in total. The lowest BCUT2D eigenvalue weighted by Gasteiger charge is -2.33. The van der Waals surface area contributed by atoms with Crippen LogP contribution in [0.5, 0.6) is 0 Å². The number of furan rings is 1. The number of para-hydroxylation sites is 1. The van der Waals surface area contributed by atoms with Gasteiger partial charge in [0.15, 0.2) is 5.58 Å². The highest BCUT2D eigenvalue weighted by molar-refractivity contribution is 6.34. The van der Waals surface area contributed by atoms with Crippen LogP contribution in [0, 0.1) is 0 Å². The van der Waals surface area contributed by atoms with Gasteiger partial charge in [0.1, 0.15) is 11.8 Å². The maximum absolute atomic E-state index is 6.12. The van der Waals surface area contributed by atoms with Gasteiger partial charge in [-0.25, -0.2) is 5.43 Å². The number of nitrogens with two attached hydrogens (primary N) is 1. The topological polar surface area (TPSA) is 60.4 Å². The molecule has 19 heavy (non-hydrogen) atoms. The second-order valence-electron chi connectivity index (χ2n) is 4.78. The quantitative estimate of drug-likeness (QED) is 0.652. The van der Waals surface area contributed by atoms with Crippen molar-refractivity contribution < 1.29 is 9.15 Å². The van der Waals surface area contributed by atoms with Crippen LogP contribution in [0.3, 0.4) is 0 Å². The first-order chi connectivity index (χ1) is 9.05. The van der Waals surface area contributed by atoms with Crippen LogP contribution in [0.1, 0.15) is 32.1 Å². The number of ether oxygens (including phenoxy) is 1. The molecule has 1 aromatic carbocycles. The van der Waals surface area contributed by atoms with Crippen LogP contribution < -0.4 is 11.3 Å². The number of halogens is 1. The zero-order chi connectivity index (χ0) is 14.0. The summed E-state index contributed by atoms with van der Waals surface area (Å²) in [5, 5.41) is 1.55. The van der Waals surface area contributed by atoms with Crippen molar-refractivity contribution in [2.24, 2.45) is 5.84 Å². The third kappa shape index (κ3) is 2.49. The third-order valence-corrected chi connectivity index (χ3v) is 4.04. The second-order valence-corrected chi connectivity index (χ2v) is 5.18. The van der Waals surface area contributed by atoms with Gasteiger partial charge in [0.2, 0.25) is 0 Å². The Labute approximate surface area is 117 Å². The molecule has 0 aliphatic carbocycles. The minimum Gasteiger partial charge on any atom is -0.458 e. The van der Waals surface area contributed by atoms with E-state index in [-0.39, 0.29) is 6.04 Å². The second kappa shape index (κ2) is 5.51. The van der Waals surface area contributed by atoms with Gasteiger partial charge in [-0.05, 0) is 25.5 Å². The lowest BCUT2D eigenvalue weighted by Crippen LogP contribution is -2.45. The molecule has 2 atom stereocenters. The molecule has 1 aromatic heterocycles. The molecule has 0 fully saturated rings. The molecule has 0 saturated carbocycles. The van der Waals surface area contributed by atoms with E-state index in [2.05, 4.69) is 5.43 Å². The molecular weight excluding hydrogens is 264 g/mol. The molecule has 4 nitrogen and oxygen atoms in total.